The standard InChI is InChI=1S/C18H25NO4/c1-11(2)17(21)9-13-5-12(6-15(20)7-13)8-16(18(22)23)14-3-4-19-10-14/h5-7,11,14,16,19-20H,3-4,8-10H2,1-2H3,(H,22,23)/t14-,16-/m0/s1. The monoisotopic (exact) mass is 319 g/mol. The number of hydrogen-bond acceptors (Lipinski definition) is 4. The number of hydrogen-bond donors (Lipinski definition) is 3. The molecule has 0 aliphatic carbocycles. The molecule has 1 aromatic rings. The maximum absolute atomic E-state index is 11.9. The van der Waals surface area contributed by atoms with Gasteiger partial charge in [-0.05, 0) is 55.1 Å². The van der Waals surface area contributed by atoms with Crippen molar-refractivity contribution in [3.8, 4) is 5.75 Å². The number of nitrogens with one attached hydrogen (secondary N) is 1. The summed E-state index contributed by atoms with van der Waals surface area (Å²) in [6.45, 7) is 5.26. The molecule has 0 saturated carbocycles. The first-order valence-corrected chi connectivity index (χ1v) is 8.15. The largest absolute Gasteiger partial charge is 0.508 e. The Hall–Kier alpha value is -1.88. The molecule has 0 amide bonds. The van der Waals surface area contributed by atoms with Crippen LogP contribution in [0.4, 0.5) is 0 Å². The number of carbonyl (C=O) groups excluding carboxylic acids is 1. The minimum Gasteiger partial charge on any atom is -0.508 e. The van der Waals surface area contributed by atoms with E-state index in [2.05, 4.69) is 5.32 Å². The second-order valence-corrected chi connectivity index (χ2v) is 6.71. The molecule has 126 valence electrons. The number of carbonyl (C=O) groups is 2. The highest BCUT2D eigenvalue weighted by atomic mass is 16.4. The van der Waals surface area contributed by atoms with E-state index in [4.69, 9.17) is 0 Å². The maximum atomic E-state index is 11.9. The fourth-order valence-electron chi connectivity index (χ4n) is 3.10. The molecule has 5 heteroatoms. The van der Waals surface area contributed by atoms with Crippen LogP contribution in [0.1, 0.15) is 31.4 Å². The van der Waals surface area contributed by atoms with Crippen LogP contribution in [0.3, 0.4) is 0 Å². The normalized spacial score (nSPS) is 19.0. The van der Waals surface area contributed by atoms with Crippen LogP contribution < -0.4 is 5.32 Å². The summed E-state index contributed by atoms with van der Waals surface area (Å²) in [5.41, 5.74) is 1.52. The highest BCUT2D eigenvalue weighted by Gasteiger charge is 2.30. The number of Topliss-reactive ketones (excluding diaryl/α,β-unsaturated/α-hetero) is 1. The Kier molecular flexibility index (Phi) is 5.77. The molecule has 1 heterocycles. The summed E-state index contributed by atoms with van der Waals surface area (Å²) in [5, 5.41) is 22.6. The number of rotatable bonds is 7. The van der Waals surface area contributed by atoms with Crippen LogP contribution in [-0.4, -0.2) is 35.1 Å². The Balaban J connectivity index is 2.16. The minimum absolute atomic E-state index is 0.0582. The molecule has 0 bridgehead atoms. The third-order valence-electron chi connectivity index (χ3n) is 4.50. The molecule has 1 aliphatic rings. The molecule has 1 aliphatic heterocycles. The van der Waals surface area contributed by atoms with E-state index in [-0.39, 0.29) is 29.8 Å². The lowest BCUT2D eigenvalue weighted by Gasteiger charge is -2.19. The maximum Gasteiger partial charge on any atom is 0.307 e. The van der Waals surface area contributed by atoms with Crippen molar-refractivity contribution in [2.45, 2.75) is 33.1 Å². The molecule has 5 nitrogen and oxygen atoms in total. The van der Waals surface area contributed by atoms with Gasteiger partial charge in [-0.15, -0.1) is 0 Å². The Morgan fingerprint density at radius 2 is 1.96 bits per heavy atom. The summed E-state index contributed by atoms with van der Waals surface area (Å²) in [4.78, 5) is 23.5. The summed E-state index contributed by atoms with van der Waals surface area (Å²) in [6, 6.07) is 5.02. The summed E-state index contributed by atoms with van der Waals surface area (Å²) in [6.07, 6.45) is 1.50. The van der Waals surface area contributed by atoms with Gasteiger partial charge in [0.05, 0.1) is 5.92 Å². The first-order valence-electron chi connectivity index (χ1n) is 8.15. The van der Waals surface area contributed by atoms with Crippen LogP contribution in [0.2, 0.25) is 0 Å². The lowest BCUT2D eigenvalue weighted by atomic mass is 9.85. The van der Waals surface area contributed by atoms with E-state index in [1.54, 1.807) is 12.1 Å². The van der Waals surface area contributed by atoms with Crippen molar-refractivity contribution in [1.82, 2.24) is 5.32 Å². The molecular formula is C18H25NO4. The number of phenols is 1. The third-order valence-corrected chi connectivity index (χ3v) is 4.50. The SMILES string of the molecule is CC(C)C(=O)Cc1cc(O)cc(C[C@H](C(=O)O)[C@H]2CCNC2)c1. The predicted octanol–water partition coefficient (Wildman–Crippen LogP) is 2.01. The quantitative estimate of drug-likeness (QED) is 0.716. The predicted molar refractivity (Wildman–Crippen MR) is 87.5 cm³/mol. The van der Waals surface area contributed by atoms with E-state index in [1.165, 1.54) is 0 Å². The zero-order valence-corrected chi connectivity index (χ0v) is 13.7. The molecule has 2 atom stereocenters. The van der Waals surface area contributed by atoms with Gasteiger partial charge in [0.15, 0.2) is 0 Å². The van der Waals surface area contributed by atoms with Crippen molar-refractivity contribution in [1.29, 1.82) is 0 Å². The van der Waals surface area contributed by atoms with Crippen LogP contribution in [0.15, 0.2) is 18.2 Å². The van der Waals surface area contributed by atoms with E-state index >= 15 is 0 Å². The molecule has 0 radical (unpaired) electrons. The smallest absolute Gasteiger partial charge is 0.307 e. The van der Waals surface area contributed by atoms with Crippen LogP contribution in [0, 0.1) is 17.8 Å². The van der Waals surface area contributed by atoms with Crippen molar-refractivity contribution < 1.29 is 19.8 Å². The van der Waals surface area contributed by atoms with E-state index < -0.39 is 11.9 Å². The van der Waals surface area contributed by atoms with Crippen molar-refractivity contribution >= 4 is 11.8 Å². The van der Waals surface area contributed by atoms with Gasteiger partial charge in [-0.3, -0.25) is 9.59 Å². The first-order chi connectivity index (χ1) is 10.9. The summed E-state index contributed by atoms with van der Waals surface area (Å²) in [5.74, 6) is -1.03. The fraction of sp³-hybridized carbons (Fsp3) is 0.556. The molecule has 0 unspecified atom stereocenters. The van der Waals surface area contributed by atoms with Gasteiger partial charge in [-0.25, -0.2) is 0 Å². The van der Waals surface area contributed by atoms with Gasteiger partial charge in [0.2, 0.25) is 0 Å². The Labute approximate surface area is 136 Å². The van der Waals surface area contributed by atoms with Gasteiger partial charge in [0, 0.05) is 12.3 Å². The molecule has 1 fully saturated rings. The van der Waals surface area contributed by atoms with Crippen LogP contribution in [0.25, 0.3) is 0 Å². The zero-order valence-electron chi connectivity index (χ0n) is 13.7. The molecule has 1 saturated heterocycles. The van der Waals surface area contributed by atoms with Crippen LogP contribution in [0.5, 0.6) is 5.75 Å². The van der Waals surface area contributed by atoms with E-state index in [0.29, 0.717) is 13.0 Å². The summed E-state index contributed by atoms with van der Waals surface area (Å²) < 4.78 is 0. The molecule has 23 heavy (non-hydrogen) atoms. The number of carboxylic acid groups (broad SMARTS) is 1. The van der Waals surface area contributed by atoms with Gasteiger partial charge in [-0.2, -0.15) is 0 Å². The average molecular weight is 319 g/mol. The lowest BCUT2D eigenvalue weighted by Crippen LogP contribution is -2.27. The topological polar surface area (TPSA) is 86.6 Å². The van der Waals surface area contributed by atoms with Crippen LogP contribution in [-0.2, 0) is 22.4 Å². The fourth-order valence-corrected chi connectivity index (χ4v) is 3.10. The van der Waals surface area contributed by atoms with Gasteiger partial charge in [0.25, 0.3) is 0 Å². The second kappa shape index (κ2) is 7.59. The minimum atomic E-state index is -0.804. The zero-order chi connectivity index (χ0) is 17.0. The van der Waals surface area contributed by atoms with Gasteiger partial charge < -0.3 is 15.5 Å². The van der Waals surface area contributed by atoms with Crippen molar-refractivity contribution in [2.75, 3.05) is 13.1 Å². The van der Waals surface area contributed by atoms with Crippen molar-refractivity contribution in [3.63, 3.8) is 0 Å². The third kappa shape index (κ3) is 4.79. The average Bonchev–Trinajstić information content (AvgIpc) is 2.97. The molecule has 0 aromatic heterocycles. The molecule has 0 spiro atoms. The lowest BCUT2D eigenvalue weighted by molar-refractivity contribution is -0.143. The van der Waals surface area contributed by atoms with Gasteiger partial charge in [0.1, 0.15) is 11.5 Å². The number of ketones is 1. The molecule has 1 aromatic carbocycles. The van der Waals surface area contributed by atoms with Gasteiger partial charge >= 0.3 is 5.97 Å². The number of phenolic OH excluding ortho intramolecular Hbond substituents is 1. The second-order valence-electron chi connectivity index (χ2n) is 6.71. The number of aromatic hydroxyl groups is 1. The van der Waals surface area contributed by atoms with E-state index in [1.807, 2.05) is 19.9 Å². The summed E-state index contributed by atoms with van der Waals surface area (Å²) >= 11 is 0. The summed E-state index contributed by atoms with van der Waals surface area (Å²) in [7, 11) is 0. The number of carboxylic acids is 1. The first kappa shape index (κ1) is 17.5. The Bertz CT molecular complexity index is 576. The molecule has 2 rings (SSSR count). The Morgan fingerprint density at radius 3 is 2.52 bits per heavy atom. The highest BCUT2D eigenvalue weighted by molar-refractivity contribution is 5.82. The highest BCUT2D eigenvalue weighted by Crippen LogP contribution is 2.26. The van der Waals surface area contributed by atoms with Crippen LogP contribution >= 0.6 is 0 Å². The number of benzene rings is 1. The number of aliphatic carboxylic acids is 1. The van der Waals surface area contributed by atoms with Crippen molar-refractivity contribution in [3.05, 3.63) is 29.3 Å². The van der Waals surface area contributed by atoms with Crippen molar-refractivity contribution in [2.24, 2.45) is 17.8 Å². The van der Waals surface area contributed by atoms with Gasteiger partial charge in [-0.1, -0.05) is 19.9 Å². The molecule has 3 N–H and O–H groups in total. The Morgan fingerprint density at radius 1 is 1.26 bits per heavy atom. The molecular weight excluding hydrogens is 294 g/mol. The van der Waals surface area contributed by atoms with E-state index in [0.717, 1.165) is 24.1 Å². The van der Waals surface area contributed by atoms with E-state index in [9.17, 15) is 19.8 Å².